The van der Waals surface area contributed by atoms with Crippen LogP contribution in [0.4, 0.5) is 5.69 Å². The lowest BCUT2D eigenvalue weighted by Crippen LogP contribution is -2.01. The standard InChI is InChI=1S/C19H16N2/c1-11-18-13-7-3-5-9-16(13)20-17(18)10-14-12-6-2-4-8-15(12)21-19(11)14/h2-5,7-10,12,20-21H,6H2,1H3. The van der Waals surface area contributed by atoms with E-state index in [0.717, 1.165) is 6.42 Å². The number of fused-ring (bicyclic) bond motifs is 6. The summed E-state index contributed by atoms with van der Waals surface area (Å²) in [5, 5.41) is 6.31. The quantitative estimate of drug-likeness (QED) is 0.593. The Hall–Kier alpha value is -2.48. The maximum Gasteiger partial charge on any atom is 0.0472 e. The lowest BCUT2D eigenvalue weighted by atomic mass is 9.90. The Labute approximate surface area is 123 Å². The average Bonchev–Trinajstić information content (AvgIpc) is 3.06. The highest BCUT2D eigenvalue weighted by Gasteiger charge is 2.30. The molecule has 0 amide bonds. The second-order valence-corrected chi connectivity index (χ2v) is 6.02. The highest BCUT2D eigenvalue weighted by Crippen LogP contribution is 2.47. The number of hydrogen-bond acceptors (Lipinski definition) is 1. The molecule has 2 aromatic carbocycles. The molecule has 0 radical (unpaired) electrons. The first-order valence-corrected chi connectivity index (χ1v) is 7.50. The third-order valence-corrected chi connectivity index (χ3v) is 4.88. The van der Waals surface area contributed by atoms with E-state index in [1.54, 1.807) is 0 Å². The summed E-state index contributed by atoms with van der Waals surface area (Å²) in [7, 11) is 0. The van der Waals surface area contributed by atoms with Crippen molar-refractivity contribution in [3.8, 4) is 0 Å². The van der Waals surface area contributed by atoms with Gasteiger partial charge in [0.25, 0.3) is 0 Å². The number of anilines is 1. The number of allylic oxidation sites excluding steroid dienone is 4. The van der Waals surface area contributed by atoms with E-state index in [9.17, 15) is 0 Å². The van der Waals surface area contributed by atoms with Crippen LogP contribution in [0.3, 0.4) is 0 Å². The van der Waals surface area contributed by atoms with Crippen molar-refractivity contribution >= 4 is 27.5 Å². The summed E-state index contributed by atoms with van der Waals surface area (Å²) >= 11 is 0. The van der Waals surface area contributed by atoms with E-state index >= 15 is 0 Å². The molecule has 1 atom stereocenters. The van der Waals surface area contributed by atoms with Crippen molar-refractivity contribution in [1.29, 1.82) is 0 Å². The van der Waals surface area contributed by atoms with E-state index in [-0.39, 0.29) is 0 Å². The maximum absolute atomic E-state index is 3.65. The number of H-pyrrole nitrogens is 1. The molecule has 102 valence electrons. The summed E-state index contributed by atoms with van der Waals surface area (Å²) in [6.45, 7) is 2.24. The van der Waals surface area contributed by atoms with Gasteiger partial charge in [0.15, 0.2) is 0 Å². The van der Waals surface area contributed by atoms with Gasteiger partial charge in [0.05, 0.1) is 0 Å². The summed E-state index contributed by atoms with van der Waals surface area (Å²) in [6.07, 6.45) is 7.72. The Balaban J connectivity index is 1.88. The molecule has 0 fully saturated rings. The molecule has 3 aromatic rings. The average molecular weight is 272 g/mol. The number of rotatable bonds is 0. The minimum Gasteiger partial charge on any atom is -0.358 e. The van der Waals surface area contributed by atoms with E-state index in [1.165, 1.54) is 44.3 Å². The van der Waals surface area contributed by atoms with E-state index < -0.39 is 0 Å². The third-order valence-electron chi connectivity index (χ3n) is 4.88. The second-order valence-electron chi connectivity index (χ2n) is 6.02. The molecule has 0 bridgehead atoms. The fraction of sp³-hybridized carbons (Fsp3) is 0.158. The second kappa shape index (κ2) is 3.79. The van der Waals surface area contributed by atoms with Crippen LogP contribution >= 0.6 is 0 Å². The number of benzene rings is 2. The monoisotopic (exact) mass is 272 g/mol. The van der Waals surface area contributed by atoms with Gasteiger partial charge in [0, 0.05) is 39.1 Å². The van der Waals surface area contributed by atoms with E-state index in [4.69, 9.17) is 0 Å². The van der Waals surface area contributed by atoms with Gasteiger partial charge in [-0.2, -0.15) is 0 Å². The van der Waals surface area contributed by atoms with Crippen LogP contribution in [-0.4, -0.2) is 4.98 Å². The van der Waals surface area contributed by atoms with Crippen LogP contribution < -0.4 is 5.32 Å². The zero-order valence-electron chi connectivity index (χ0n) is 11.9. The first-order chi connectivity index (χ1) is 10.3. The molecule has 0 saturated heterocycles. The van der Waals surface area contributed by atoms with Crippen molar-refractivity contribution in [2.75, 3.05) is 5.32 Å². The van der Waals surface area contributed by atoms with Crippen molar-refractivity contribution in [2.24, 2.45) is 0 Å². The van der Waals surface area contributed by atoms with Gasteiger partial charge in [-0.05, 0) is 42.7 Å². The molecule has 1 aromatic heterocycles. The first-order valence-electron chi connectivity index (χ1n) is 7.50. The Morgan fingerprint density at radius 1 is 1.14 bits per heavy atom. The van der Waals surface area contributed by atoms with Gasteiger partial charge in [-0.25, -0.2) is 0 Å². The fourth-order valence-corrected chi connectivity index (χ4v) is 3.88. The van der Waals surface area contributed by atoms with Crippen LogP contribution in [0.1, 0.15) is 23.5 Å². The van der Waals surface area contributed by atoms with Gasteiger partial charge in [0.2, 0.25) is 0 Å². The number of aryl methyl sites for hydroxylation is 1. The molecule has 5 rings (SSSR count). The Bertz CT molecular complexity index is 957. The fourth-order valence-electron chi connectivity index (χ4n) is 3.88. The van der Waals surface area contributed by atoms with Crippen LogP contribution in [-0.2, 0) is 0 Å². The highest BCUT2D eigenvalue weighted by atomic mass is 14.9. The minimum atomic E-state index is 0.500. The zero-order valence-corrected chi connectivity index (χ0v) is 11.9. The topological polar surface area (TPSA) is 27.8 Å². The summed E-state index contributed by atoms with van der Waals surface area (Å²) in [5.41, 5.74) is 7.92. The van der Waals surface area contributed by atoms with Crippen molar-refractivity contribution in [3.05, 3.63) is 65.4 Å². The van der Waals surface area contributed by atoms with E-state index in [0.29, 0.717) is 5.92 Å². The lowest BCUT2D eigenvalue weighted by Gasteiger charge is -2.12. The predicted molar refractivity (Wildman–Crippen MR) is 88.7 cm³/mol. The summed E-state index contributed by atoms with van der Waals surface area (Å²) < 4.78 is 0. The van der Waals surface area contributed by atoms with Crippen LogP contribution in [0.2, 0.25) is 0 Å². The number of nitrogens with one attached hydrogen (secondary N) is 2. The lowest BCUT2D eigenvalue weighted by molar-refractivity contribution is 0.836. The van der Waals surface area contributed by atoms with E-state index in [2.05, 4.69) is 65.8 Å². The Morgan fingerprint density at radius 2 is 2.05 bits per heavy atom. The summed E-state index contributed by atoms with van der Waals surface area (Å²) in [5.74, 6) is 0.500. The predicted octanol–water partition coefficient (Wildman–Crippen LogP) is 4.98. The van der Waals surface area contributed by atoms with Crippen LogP contribution in [0.5, 0.6) is 0 Å². The van der Waals surface area contributed by atoms with Gasteiger partial charge in [-0.15, -0.1) is 0 Å². The van der Waals surface area contributed by atoms with Gasteiger partial charge >= 0.3 is 0 Å². The van der Waals surface area contributed by atoms with Gasteiger partial charge in [-0.1, -0.05) is 30.4 Å². The van der Waals surface area contributed by atoms with Gasteiger partial charge in [-0.3, -0.25) is 0 Å². The third kappa shape index (κ3) is 1.37. The van der Waals surface area contributed by atoms with Gasteiger partial charge < -0.3 is 10.3 Å². The minimum absolute atomic E-state index is 0.500. The Morgan fingerprint density at radius 3 is 3.00 bits per heavy atom. The Kier molecular flexibility index (Phi) is 2.02. The SMILES string of the molecule is Cc1c2c(cc3[nH]c4ccccc4c13)C1CC=CC=C1N2. The number of para-hydroxylation sites is 1. The van der Waals surface area contributed by atoms with Crippen molar-refractivity contribution in [2.45, 2.75) is 19.3 Å². The molecule has 2 aliphatic rings. The highest BCUT2D eigenvalue weighted by molar-refractivity contribution is 6.11. The summed E-state index contributed by atoms with van der Waals surface area (Å²) in [6, 6.07) is 10.9. The normalized spacial score (nSPS) is 19.5. The molecule has 0 spiro atoms. The largest absolute Gasteiger partial charge is 0.358 e. The van der Waals surface area contributed by atoms with Crippen LogP contribution in [0, 0.1) is 6.92 Å². The van der Waals surface area contributed by atoms with Crippen molar-refractivity contribution < 1.29 is 0 Å². The number of aromatic amines is 1. The van der Waals surface area contributed by atoms with Crippen LogP contribution in [0.15, 0.2) is 54.3 Å². The van der Waals surface area contributed by atoms with E-state index in [1.807, 2.05) is 0 Å². The summed E-state index contributed by atoms with van der Waals surface area (Å²) in [4.78, 5) is 3.58. The molecule has 2 heterocycles. The zero-order chi connectivity index (χ0) is 14.0. The molecule has 2 heteroatoms. The smallest absolute Gasteiger partial charge is 0.0472 e. The molecule has 0 saturated carbocycles. The molecule has 21 heavy (non-hydrogen) atoms. The molecule has 2 N–H and O–H groups in total. The number of hydrogen-bond donors (Lipinski definition) is 2. The number of aromatic nitrogens is 1. The molecular formula is C19H16N2. The van der Waals surface area contributed by atoms with Crippen molar-refractivity contribution in [3.63, 3.8) is 0 Å². The molecule has 1 unspecified atom stereocenters. The maximum atomic E-state index is 3.65. The molecule has 2 nitrogen and oxygen atoms in total. The van der Waals surface area contributed by atoms with Crippen LogP contribution in [0.25, 0.3) is 21.8 Å². The molecular weight excluding hydrogens is 256 g/mol. The molecule has 1 aliphatic carbocycles. The first kappa shape index (κ1) is 11.2. The van der Waals surface area contributed by atoms with Gasteiger partial charge in [0.1, 0.15) is 0 Å². The molecule has 1 aliphatic heterocycles. The van der Waals surface area contributed by atoms with Crippen molar-refractivity contribution in [1.82, 2.24) is 4.98 Å².